The molecule has 2 nitrogen and oxygen atoms in total. The zero-order valence-electron chi connectivity index (χ0n) is 10.6. The number of fused-ring (bicyclic) bond motifs is 2. The predicted octanol–water partition coefficient (Wildman–Crippen LogP) is 3.10. The Balaban J connectivity index is 1.67. The van der Waals surface area contributed by atoms with Gasteiger partial charge in [0.2, 0.25) is 0 Å². The molecule has 0 radical (unpaired) electrons. The molecule has 0 spiro atoms. The number of halogens is 1. The summed E-state index contributed by atoms with van der Waals surface area (Å²) in [6.45, 7) is 0. The molecule has 2 aliphatic carbocycles. The molecule has 0 heterocycles. The van der Waals surface area contributed by atoms with E-state index in [9.17, 15) is 0 Å². The van der Waals surface area contributed by atoms with Gasteiger partial charge in [-0.1, -0.05) is 18.6 Å². The van der Waals surface area contributed by atoms with Gasteiger partial charge in [-0.3, -0.25) is 11.3 Å². The molecule has 0 aromatic heterocycles. The van der Waals surface area contributed by atoms with E-state index in [0.29, 0.717) is 6.04 Å². The van der Waals surface area contributed by atoms with E-state index in [-0.39, 0.29) is 0 Å². The second-order valence-corrected chi connectivity index (χ2v) is 7.19. The van der Waals surface area contributed by atoms with Crippen molar-refractivity contribution in [1.29, 1.82) is 0 Å². The summed E-state index contributed by atoms with van der Waals surface area (Å²) < 4.78 is 1.30. The maximum atomic E-state index is 5.81. The summed E-state index contributed by atoms with van der Waals surface area (Å²) in [5, 5.41) is 0. The summed E-state index contributed by atoms with van der Waals surface area (Å²) in [4.78, 5) is 0. The molecule has 3 rings (SSSR count). The quantitative estimate of drug-likeness (QED) is 0.494. The second-order valence-electron chi connectivity index (χ2n) is 5.94. The molecule has 18 heavy (non-hydrogen) atoms. The van der Waals surface area contributed by atoms with Crippen molar-refractivity contribution in [3.63, 3.8) is 0 Å². The standard InChI is InChI=1S/C15H21IN2/c16-13-5-2-10(3-6-13)9-15(18-17)14-8-11-1-4-12(14)7-11/h2-3,5-6,11-12,14-15,18H,1,4,7-9,17H2. The molecular weight excluding hydrogens is 335 g/mol. The minimum atomic E-state index is 0.459. The number of hydrazine groups is 1. The molecule has 2 bridgehead atoms. The van der Waals surface area contributed by atoms with E-state index in [1.807, 2.05) is 0 Å². The fraction of sp³-hybridized carbons (Fsp3) is 0.600. The van der Waals surface area contributed by atoms with Crippen molar-refractivity contribution in [2.24, 2.45) is 23.6 Å². The van der Waals surface area contributed by atoms with Gasteiger partial charge < -0.3 is 0 Å². The summed E-state index contributed by atoms with van der Waals surface area (Å²) in [6, 6.07) is 9.30. The summed E-state index contributed by atoms with van der Waals surface area (Å²) in [6.07, 6.45) is 6.81. The van der Waals surface area contributed by atoms with Crippen LogP contribution in [0.3, 0.4) is 0 Å². The molecule has 3 N–H and O–H groups in total. The Morgan fingerprint density at radius 3 is 2.56 bits per heavy atom. The van der Waals surface area contributed by atoms with Crippen LogP contribution >= 0.6 is 22.6 Å². The fourth-order valence-electron chi connectivity index (χ4n) is 4.00. The molecule has 2 aliphatic rings. The van der Waals surface area contributed by atoms with Crippen LogP contribution < -0.4 is 11.3 Å². The Kier molecular flexibility index (Phi) is 3.91. The van der Waals surface area contributed by atoms with Crippen molar-refractivity contribution in [2.45, 2.75) is 38.1 Å². The first-order valence-electron chi connectivity index (χ1n) is 6.97. The lowest BCUT2D eigenvalue weighted by atomic mass is 9.81. The number of hydrogen-bond donors (Lipinski definition) is 2. The number of nitrogens with one attached hydrogen (secondary N) is 1. The molecule has 2 saturated carbocycles. The molecule has 4 atom stereocenters. The molecule has 3 heteroatoms. The van der Waals surface area contributed by atoms with Crippen LogP contribution in [0.1, 0.15) is 31.2 Å². The average Bonchev–Trinajstić information content (AvgIpc) is 3.00. The second kappa shape index (κ2) is 5.47. The summed E-state index contributed by atoms with van der Waals surface area (Å²) in [7, 11) is 0. The summed E-state index contributed by atoms with van der Waals surface area (Å²) in [5.74, 6) is 8.53. The highest BCUT2D eigenvalue weighted by molar-refractivity contribution is 14.1. The Labute approximate surface area is 123 Å². The Morgan fingerprint density at radius 2 is 2.00 bits per heavy atom. The van der Waals surface area contributed by atoms with Crippen molar-refractivity contribution in [2.75, 3.05) is 0 Å². The van der Waals surface area contributed by atoms with E-state index in [0.717, 1.165) is 24.2 Å². The normalized spacial score (nSPS) is 31.8. The Bertz CT molecular complexity index is 403. The highest BCUT2D eigenvalue weighted by Crippen LogP contribution is 2.49. The summed E-state index contributed by atoms with van der Waals surface area (Å²) in [5.41, 5.74) is 4.49. The van der Waals surface area contributed by atoms with Gasteiger partial charge in [0, 0.05) is 9.61 Å². The van der Waals surface area contributed by atoms with Gasteiger partial charge in [-0.2, -0.15) is 0 Å². The van der Waals surface area contributed by atoms with Gasteiger partial charge in [0.15, 0.2) is 0 Å². The zero-order chi connectivity index (χ0) is 12.5. The van der Waals surface area contributed by atoms with Gasteiger partial charge in [0.05, 0.1) is 0 Å². The molecule has 4 unspecified atom stereocenters. The molecular formula is C15H21IN2. The van der Waals surface area contributed by atoms with Crippen molar-refractivity contribution in [3.8, 4) is 0 Å². The lowest BCUT2D eigenvalue weighted by Gasteiger charge is -2.30. The van der Waals surface area contributed by atoms with E-state index >= 15 is 0 Å². The first-order chi connectivity index (χ1) is 8.76. The van der Waals surface area contributed by atoms with E-state index in [4.69, 9.17) is 5.84 Å². The van der Waals surface area contributed by atoms with E-state index in [2.05, 4.69) is 52.3 Å². The maximum Gasteiger partial charge on any atom is 0.0281 e. The van der Waals surface area contributed by atoms with E-state index in [1.54, 1.807) is 0 Å². The van der Waals surface area contributed by atoms with Crippen molar-refractivity contribution < 1.29 is 0 Å². The number of benzene rings is 1. The smallest absolute Gasteiger partial charge is 0.0281 e. The Morgan fingerprint density at radius 1 is 1.22 bits per heavy atom. The van der Waals surface area contributed by atoms with Gasteiger partial charge in [0.1, 0.15) is 0 Å². The fourth-order valence-corrected chi connectivity index (χ4v) is 4.35. The van der Waals surface area contributed by atoms with Crippen LogP contribution in [-0.4, -0.2) is 6.04 Å². The number of nitrogens with two attached hydrogens (primary N) is 1. The van der Waals surface area contributed by atoms with Gasteiger partial charge in [-0.15, -0.1) is 0 Å². The van der Waals surface area contributed by atoms with Crippen LogP contribution in [0.5, 0.6) is 0 Å². The highest BCUT2D eigenvalue weighted by atomic mass is 127. The van der Waals surface area contributed by atoms with Gasteiger partial charge >= 0.3 is 0 Å². The van der Waals surface area contributed by atoms with Crippen LogP contribution in [0.2, 0.25) is 0 Å². The molecule has 0 amide bonds. The van der Waals surface area contributed by atoms with Crippen LogP contribution in [0, 0.1) is 21.3 Å². The maximum absolute atomic E-state index is 5.81. The lowest BCUT2D eigenvalue weighted by molar-refractivity contribution is 0.248. The van der Waals surface area contributed by atoms with Crippen LogP contribution in [-0.2, 0) is 6.42 Å². The first-order valence-corrected chi connectivity index (χ1v) is 8.04. The van der Waals surface area contributed by atoms with Gasteiger partial charge in [-0.05, 0) is 83.7 Å². The van der Waals surface area contributed by atoms with Crippen molar-refractivity contribution in [1.82, 2.24) is 5.43 Å². The van der Waals surface area contributed by atoms with Gasteiger partial charge in [-0.25, -0.2) is 0 Å². The van der Waals surface area contributed by atoms with E-state index < -0.39 is 0 Å². The monoisotopic (exact) mass is 356 g/mol. The molecule has 0 saturated heterocycles. The van der Waals surface area contributed by atoms with Gasteiger partial charge in [0.25, 0.3) is 0 Å². The van der Waals surface area contributed by atoms with Crippen molar-refractivity contribution >= 4 is 22.6 Å². The SMILES string of the molecule is NNC(Cc1ccc(I)cc1)C1CC2CCC1C2. The summed E-state index contributed by atoms with van der Waals surface area (Å²) >= 11 is 2.35. The largest absolute Gasteiger partial charge is 0.271 e. The molecule has 2 fully saturated rings. The topological polar surface area (TPSA) is 38.0 Å². The number of rotatable bonds is 4. The van der Waals surface area contributed by atoms with Crippen LogP contribution in [0.25, 0.3) is 0 Å². The minimum absolute atomic E-state index is 0.459. The first kappa shape index (κ1) is 12.9. The third-order valence-electron chi connectivity index (χ3n) is 4.89. The molecule has 1 aromatic rings. The highest BCUT2D eigenvalue weighted by Gasteiger charge is 2.42. The minimum Gasteiger partial charge on any atom is -0.271 e. The predicted molar refractivity (Wildman–Crippen MR) is 82.9 cm³/mol. The Hall–Kier alpha value is -0.130. The molecule has 98 valence electrons. The van der Waals surface area contributed by atoms with Crippen molar-refractivity contribution in [3.05, 3.63) is 33.4 Å². The lowest BCUT2D eigenvalue weighted by Crippen LogP contribution is -2.44. The number of hydrogen-bond acceptors (Lipinski definition) is 2. The third-order valence-corrected chi connectivity index (χ3v) is 5.61. The third kappa shape index (κ3) is 2.58. The zero-order valence-corrected chi connectivity index (χ0v) is 12.8. The van der Waals surface area contributed by atoms with Crippen LogP contribution in [0.4, 0.5) is 0 Å². The molecule has 0 aliphatic heterocycles. The molecule has 1 aromatic carbocycles. The van der Waals surface area contributed by atoms with Crippen LogP contribution in [0.15, 0.2) is 24.3 Å². The van der Waals surface area contributed by atoms with E-state index in [1.165, 1.54) is 34.8 Å². The average molecular weight is 356 g/mol.